The number of aromatic nitrogens is 4. The average Bonchev–Trinajstić information content (AvgIpc) is 2.94. The summed E-state index contributed by atoms with van der Waals surface area (Å²) in [6.45, 7) is 2.46. The number of anilines is 1. The number of nitrogens with one attached hydrogen (secondary N) is 1. The van der Waals surface area contributed by atoms with E-state index in [0.717, 1.165) is 12.8 Å². The van der Waals surface area contributed by atoms with Crippen molar-refractivity contribution in [2.24, 2.45) is 0 Å². The van der Waals surface area contributed by atoms with Crippen LogP contribution in [-0.4, -0.2) is 32.4 Å². The molecule has 1 amide bonds. The smallest absolute Gasteiger partial charge is 0.411 e. The second-order valence-corrected chi connectivity index (χ2v) is 3.89. The van der Waals surface area contributed by atoms with Gasteiger partial charge < -0.3 is 4.74 Å². The highest BCUT2D eigenvalue weighted by Crippen LogP contribution is 2.09. The van der Waals surface area contributed by atoms with Crippen molar-refractivity contribution in [2.45, 2.75) is 19.8 Å². The van der Waals surface area contributed by atoms with Crippen LogP contribution in [0.2, 0.25) is 0 Å². The van der Waals surface area contributed by atoms with E-state index in [1.54, 1.807) is 35.6 Å². The predicted molar refractivity (Wildman–Crippen MR) is 69.0 cm³/mol. The van der Waals surface area contributed by atoms with E-state index in [2.05, 4.69) is 20.5 Å². The third-order valence-corrected chi connectivity index (χ3v) is 2.41. The van der Waals surface area contributed by atoms with Crippen molar-refractivity contribution in [1.29, 1.82) is 0 Å². The Balaban J connectivity index is 1.90. The van der Waals surface area contributed by atoms with E-state index < -0.39 is 6.09 Å². The first kappa shape index (κ1) is 13.0. The minimum atomic E-state index is -0.465. The Bertz CT molecular complexity index is 509. The molecule has 100 valence electrons. The van der Waals surface area contributed by atoms with Gasteiger partial charge in [-0.2, -0.15) is 0 Å². The Hall–Kier alpha value is -2.44. The molecule has 0 saturated carbocycles. The maximum atomic E-state index is 11.4. The summed E-state index contributed by atoms with van der Waals surface area (Å²) in [4.78, 5) is 15.6. The minimum Gasteiger partial charge on any atom is -0.449 e. The van der Waals surface area contributed by atoms with Gasteiger partial charge in [-0.05, 0) is 18.6 Å². The topological polar surface area (TPSA) is 81.9 Å². The monoisotopic (exact) mass is 261 g/mol. The van der Waals surface area contributed by atoms with Gasteiger partial charge in [0.15, 0.2) is 0 Å². The lowest BCUT2D eigenvalue weighted by Gasteiger charge is -2.06. The van der Waals surface area contributed by atoms with Crippen LogP contribution in [0.4, 0.5) is 10.5 Å². The summed E-state index contributed by atoms with van der Waals surface area (Å²) in [6, 6.07) is 3.49. The van der Waals surface area contributed by atoms with Crippen LogP contribution in [0.25, 0.3) is 5.82 Å². The van der Waals surface area contributed by atoms with E-state index in [9.17, 15) is 4.79 Å². The molecule has 19 heavy (non-hydrogen) atoms. The number of ether oxygens (including phenoxy) is 1. The van der Waals surface area contributed by atoms with Crippen molar-refractivity contribution in [2.75, 3.05) is 11.9 Å². The molecule has 0 saturated heterocycles. The molecule has 0 aliphatic heterocycles. The third kappa shape index (κ3) is 3.77. The summed E-state index contributed by atoms with van der Waals surface area (Å²) in [5.74, 6) is 0.676. The highest BCUT2D eigenvalue weighted by Gasteiger charge is 2.04. The zero-order valence-corrected chi connectivity index (χ0v) is 10.6. The molecule has 1 N–H and O–H groups in total. The molecule has 7 nitrogen and oxygen atoms in total. The van der Waals surface area contributed by atoms with E-state index in [1.807, 2.05) is 6.92 Å². The first-order chi connectivity index (χ1) is 9.29. The first-order valence-electron chi connectivity index (χ1n) is 6.04. The summed E-state index contributed by atoms with van der Waals surface area (Å²) < 4.78 is 6.66. The van der Waals surface area contributed by atoms with Crippen molar-refractivity contribution >= 4 is 11.8 Å². The Morgan fingerprint density at radius 2 is 2.16 bits per heavy atom. The fourth-order valence-electron chi connectivity index (χ4n) is 1.39. The van der Waals surface area contributed by atoms with E-state index >= 15 is 0 Å². The molecule has 2 aromatic heterocycles. The maximum Gasteiger partial charge on any atom is 0.411 e. The number of carbonyl (C=O) groups is 1. The highest BCUT2D eigenvalue weighted by molar-refractivity contribution is 5.84. The number of pyridine rings is 1. The van der Waals surface area contributed by atoms with Crippen LogP contribution in [-0.2, 0) is 4.74 Å². The zero-order valence-electron chi connectivity index (χ0n) is 10.6. The number of nitrogens with zero attached hydrogens (tertiary/aromatic N) is 4. The standard InChI is InChI=1S/C12H15N5O2/c1-2-3-6-19-12(18)16-10-4-5-11(13-7-10)17-8-14-15-9-17/h4-5,7-9H,2-3,6H2,1H3,(H,16,18). The minimum absolute atomic E-state index is 0.425. The summed E-state index contributed by atoms with van der Waals surface area (Å²) in [7, 11) is 0. The highest BCUT2D eigenvalue weighted by atomic mass is 16.5. The van der Waals surface area contributed by atoms with E-state index in [0.29, 0.717) is 18.1 Å². The molecule has 7 heteroatoms. The lowest BCUT2D eigenvalue weighted by atomic mass is 10.4. The van der Waals surface area contributed by atoms with E-state index in [4.69, 9.17) is 4.74 Å². The van der Waals surface area contributed by atoms with Gasteiger partial charge in [0.25, 0.3) is 0 Å². The Morgan fingerprint density at radius 3 is 2.79 bits per heavy atom. The number of rotatable bonds is 5. The summed E-state index contributed by atoms with van der Waals surface area (Å²) >= 11 is 0. The average molecular weight is 261 g/mol. The molecule has 2 aromatic rings. The van der Waals surface area contributed by atoms with E-state index in [1.165, 1.54) is 0 Å². The molecule has 0 fully saturated rings. The summed E-state index contributed by atoms with van der Waals surface area (Å²) in [5, 5.41) is 10.00. The van der Waals surface area contributed by atoms with Crippen molar-refractivity contribution in [3.63, 3.8) is 0 Å². The molecule has 0 aromatic carbocycles. The molecular weight excluding hydrogens is 246 g/mol. The third-order valence-electron chi connectivity index (χ3n) is 2.41. The van der Waals surface area contributed by atoms with Crippen LogP contribution >= 0.6 is 0 Å². The fraction of sp³-hybridized carbons (Fsp3) is 0.333. The molecule has 0 atom stereocenters. The van der Waals surface area contributed by atoms with Gasteiger partial charge in [-0.25, -0.2) is 9.78 Å². The normalized spacial score (nSPS) is 10.2. The van der Waals surface area contributed by atoms with Crippen molar-refractivity contribution in [1.82, 2.24) is 19.7 Å². The second-order valence-electron chi connectivity index (χ2n) is 3.89. The van der Waals surface area contributed by atoms with Gasteiger partial charge in [-0.15, -0.1) is 10.2 Å². The molecule has 0 spiro atoms. The van der Waals surface area contributed by atoms with Crippen molar-refractivity contribution in [3.05, 3.63) is 31.0 Å². The number of hydrogen-bond donors (Lipinski definition) is 1. The lowest BCUT2D eigenvalue weighted by molar-refractivity contribution is 0.160. The quantitative estimate of drug-likeness (QED) is 0.832. The molecule has 0 unspecified atom stereocenters. The van der Waals surface area contributed by atoms with Crippen LogP contribution < -0.4 is 5.32 Å². The van der Waals surface area contributed by atoms with Gasteiger partial charge in [0.05, 0.1) is 18.5 Å². The molecule has 0 bridgehead atoms. The summed E-state index contributed by atoms with van der Waals surface area (Å²) in [6.07, 6.45) is 6.03. The molecule has 2 rings (SSSR count). The molecule has 0 radical (unpaired) electrons. The van der Waals surface area contributed by atoms with Crippen LogP contribution in [0, 0.1) is 0 Å². The van der Waals surface area contributed by atoms with Gasteiger partial charge in [0, 0.05) is 0 Å². The van der Waals surface area contributed by atoms with Crippen molar-refractivity contribution < 1.29 is 9.53 Å². The van der Waals surface area contributed by atoms with E-state index in [-0.39, 0.29) is 0 Å². The van der Waals surface area contributed by atoms with Crippen LogP contribution in [0.5, 0.6) is 0 Å². The maximum absolute atomic E-state index is 11.4. The van der Waals surface area contributed by atoms with Crippen LogP contribution in [0.1, 0.15) is 19.8 Å². The van der Waals surface area contributed by atoms with Gasteiger partial charge in [-0.3, -0.25) is 9.88 Å². The second kappa shape index (κ2) is 6.48. The van der Waals surface area contributed by atoms with Gasteiger partial charge in [0.2, 0.25) is 0 Å². The Labute approximate surface area is 110 Å². The predicted octanol–water partition coefficient (Wildman–Crippen LogP) is 2.01. The number of carbonyl (C=O) groups excluding carboxylic acids is 1. The molecule has 0 aliphatic carbocycles. The molecule has 2 heterocycles. The number of amides is 1. The van der Waals surface area contributed by atoms with Crippen molar-refractivity contribution in [3.8, 4) is 5.82 Å². The lowest BCUT2D eigenvalue weighted by Crippen LogP contribution is -2.14. The number of hydrogen-bond acceptors (Lipinski definition) is 5. The Kier molecular flexibility index (Phi) is 4.44. The largest absolute Gasteiger partial charge is 0.449 e. The molecular formula is C12H15N5O2. The zero-order chi connectivity index (χ0) is 13.5. The SMILES string of the molecule is CCCCOC(=O)Nc1ccc(-n2cnnc2)nc1. The number of unbranched alkanes of at least 4 members (excludes halogenated alkanes) is 1. The van der Waals surface area contributed by atoms with Gasteiger partial charge >= 0.3 is 6.09 Å². The first-order valence-corrected chi connectivity index (χ1v) is 6.04. The van der Waals surface area contributed by atoms with Crippen LogP contribution in [0.3, 0.4) is 0 Å². The fourth-order valence-corrected chi connectivity index (χ4v) is 1.39. The van der Waals surface area contributed by atoms with Crippen LogP contribution in [0.15, 0.2) is 31.0 Å². The summed E-state index contributed by atoms with van der Waals surface area (Å²) in [5.41, 5.74) is 0.582. The van der Waals surface area contributed by atoms with Gasteiger partial charge in [-0.1, -0.05) is 13.3 Å². The Morgan fingerprint density at radius 1 is 1.37 bits per heavy atom. The van der Waals surface area contributed by atoms with Gasteiger partial charge in [0.1, 0.15) is 18.5 Å². The molecule has 0 aliphatic rings.